The monoisotopic (exact) mass is 264 g/mol. The number of halogens is 2. The van der Waals surface area contributed by atoms with Gasteiger partial charge in [0.1, 0.15) is 11.6 Å². The van der Waals surface area contributed by atoms with E-state index in [0.29, 0.717) is 11.1 Å². The zero-order valence-electron chi connectivity index (χ0n) is 10.7. The lowest BCUT2D eigenvalue weighted by molar-refractivity contribution is 0.389. The van der Waals surface area contributed by atoms with Crippen molar-refractivity contribution in [3.63, 3.8) is 0 Å². The van der Waals surface area contributed by atoms with Gasteiger partial charge in [0.05, 0.1) is 13.2 Å². The minimum atomic E-state index is -0.969. The average molecular weight is 264 g/mol. The maximum atomic E-state index is 14.1. The van der Waals surface area contributed by atoms with Crippen LogP contribution in [0.1, 0.15) is 22.7 Å². The van der Waals surface area contributed by atoms with E-state index in [9.17, 15) is 8.78 Å². The third-order valence-electron chi connectivity index (χ3n) is 2.96. The minimum absolute atomic E-state index is 0.175. The van der Waals surface area contributed by atoms with E-state index in [0.717, 1.165) is 0 Å². The molecule has 0 aliphatic heterocycles. The van der Waals surface area contributed by atoms with Crippen molar-refractivity contribution in [2.75, 3.05) is 7.11 Å². The second-order valence-electron chi connectivity index (χ2n) is 4.17. The summed E-state index contributed by atoms with van der Waals surface area (Å²) in [6, 6.07) is 4.89. The van der Waals surface area contributed by atoms with Crippen LogP contribution >= 0.6 is 0 Å². The molecule has 0 aliphatic rings. The van der Waals surface area contributed by atoms with Crippen LogP contribution in [0.2, 0.25) is 0 Å². The van der Waals surface area contributed by atoms with E-state index in [1.54, 1.807) is 19.1 Å². The molecule has 2 rings (SSSR count). The number of nitrogens with zero attached hydrogens (tertiary/aromatic N) is 1. The molecule has 2 N–H and O–H groups in total. The number of hydrogen-bond donors (Lipinski definition) is 1. The number of pyridine rings is 1. The van der Waals surface area contributed by atoms with Crippen LogP contribution < -0.4 is 10.5 Å². The second kappa shape index (κ2) is 5.32. The summed E-state index contributed by atoms with van der Waals surface area (Å²) in [7, 11) is 1.43. The van der Waals surface area contributed by atoms with Crippen molar-refractivity contribution in [3.8, 4) is 5.88 Å². The molecule has 19 heavy (non-hydrogen) atoms. The maximum absolute atomic E-state index is 14.1. The fourth-order valence-corrected chi connectivity index (χ4v) is 1.93. The van der Waals surface area contributed by atoms with Crippen LogP contribution in [0.5, 0.6) is 5.88 Å². The predicted octanol–water partition coefficient (Wildman–Crippen LogP) is 2.72. The Kier molecular flexibility index (Phi) is 3.76. The van der Waals surface area contributed by atoms with E-state index in [1.807, 2.05) is 0 Å². The highest BCUT2D eigenvalue weighted by Gasteiger charge is 2.22. The molecule has 0 aliphatic carbocycles. The number of benzene rings is 1. The fourth-order valence-electron chi connectivity index (χ4n) is 1.93. The van der Waals surface area contributed by atoms with Crippen LogP contribution in [0.15, 0.2) is 30.5 Å². The Morgan fingerprint density at radius 2 is 2.00 bits per heavy atom. The number of hydrogen-bond acceptors (Lipinski definition) is 3. The van der Waals surface area contributed by atoms with Gasteiger partial charge in [0.15, 0.2) is 0 Å². The number of aryl methyl sites for hydroxylation is 1. The summed E-state index contributed by atoms with van der Waals surface area (Å²) in [6.45, 7) is 1.56. The lowest BCUT2D eigenvalue weighted by atomic mass is 9.97. The molecule has 3 nitrogen and oxygen atoms in total. The Morgan fingerprint density at radius 3 is 2.68 bits per heavy atom. The van der Waals surface area contributed by atoms with Gasteiger partial charge in [-0.05, 0) is 24.6 Å². The smallest absolute Gasteiger partial charge is 0.218 e. The maximum Gasteiger partial charge on any atom is 0.218 e. The molecule has 100 valence electrons. The van der Waals surface area contributed by atoms with Crippen molar-refractivity contribution in [2.45, 2.75) is 13.0 Å². The number of ether oxygens (including phenoxy) is 1. The van der Waals surface area contributed by atoms with Crippen LogP contribution in [0, 0.1) is 18.6 Å². The first kappa shape index (κ1) is 13.4. The number of aromatic nitrogens is 1. The molecule has 1 unspecified atom stereocenters. The Bertz CT molecular complexity index is 602. The molecule has 2 aromatic rings. The minimum Gasteiger partial charge on any atom is -0.481 e. The highest BCUT2D eigenvalue weighted by molar-refractivity contribution is 5.39. The van der Waals surface area contributed by atoms with Gasteiger partial charge in [0, 0.05) is 17.3 Å². The van der Waals surface area contributed by atoms with E-state index in [2.05, 4.69) is 4.98 Å². The molecule has 0 bridgehead atoms. The lowest BCUT2D eigenvalue weighted by Crippen LogP contribution is -2.17. The highest BCUT2D eigenvalue weighted by atomic mass is 19.1. The van der Waals surface area contributed by atoms with Crippen LogP contribution in [0.25, 0.3) is 0 Å². The molecule has 5 heteroatoms. The topological polar surface area (TPSA) is 48.1 Å². The Labute approximate surface area is 110 Å². The van der Waals surface area contributed by atoms with Crippen molar-refractivity contribution in [3.05, 3.63) is 58.8 Å². The van der Waals surface area contributed by atoms with E-state index < -0.39 is 17.7 Å². The molecule has 0 saturated carbocycles. The third kappa shape index (κ3) is 2.42. The first-order chi connectivity index (χ1) is 9.06. The summed E-state index contributed by atoms with van der Waals surface area (Å²) in [6.07, 6.45) is 1.53. The van der Waals surface area contributed by atoms with E-state index in [1.165, 1.54) is 25.4 Å². The van der Waals surface area contributed by atoms with Gasteiger partial charge in [-0.1, -0.05) is 12.1 Å². The summed E-state index contributed by atoms with van der Waals surface area (Å²) in [5.41, 5.74) is 6.57. The van der Waals surface area contributed by atoms with E-state index >= 15 is 0 Å². The van der Waals surface area contributed by atoms with Gasteiger partial charge in [-0.25, -0.2) is 13.8 Å². The largest absolute Gasteiger partial charge is 0.481 e. The molecule has 1 aromatic carbocycles. The van der Waals surface area contributed by atoms with Crippen LogP contribution in [0.3, 0.4) is 0 Å². The van der Waals surface area contributed by atoms with Crippen molar-refractivity contribution < 1.29 is 13.5 Å². The SMILES string of the molecule is COc1ncccc1C(N)c1c(F)ccc(C)c1F. The fraction of sp³-hybridized carbons (Fsp3) is 0.214. The van der Waals surface area contributed by atoms with Crippen LogP contribution in [-0.2, 0) is 0 Å². The number of nitrogens with two attached hydrogens (primary N) is 1. The molecule has 0 amide bonds. The Hall–Kier alpha value is -2.01. The summed E-state index contributed by atoms with van der Waals surface area (Å²) < 4.78 is 32.9. The Balaban J connectivity index is 2.56. The van der Waals surface area contributed by atoms with Gasteiger partial charge in [-0.3, -0.25) is 0 Å². The van der Waals surface area contributed by atoms with E-state index in [-0.39, 0.29) is 11.4 Å². The number of methoxy groups -OCH3 is 1. The molecule has 0 saturated heterocycles. The average Bonchev–Trinajstić information content (AvgIpc) is 2.43. The summed E-state index contributed by atoms with van der Waals surface area (Å²) >= 11 is 0. The Morgan fingerprint density at radius 1 is 1.26 bits per heavy atom. The third-order valence-corrected chi connectivity index (χ3v) is 2.96. The summed E-state index contributed by atoms with van der Waals surface area (Å²) in [4.78, 5) is 3.98. The van der Waals surface area contributed by atoms with Gasteiger partial charge in [-0.2, -0.15) is 0 Å². The van der Waals surface area contributed by atoms with Crippen molar-refractivity contribution in [1.82, 2.24) is 4.98 Å². The molecule has 0 fully saturated rings. The summed E-state index contributed by atoms with van der Waals surface area (Å²) in [5, 5.41) is 0. The molecule has 0 spiro atoms. The first-order valence-electron chi connectivity index (χ1n) is 5.75. The molecular weight excluding hydrogens is 250 g/mol. The first-order valence-corrected chi connectivity index (χ1v) is 5.75. The quantitative estimate of drug-likeness (QED) is 0.927. The molecule has 1 atom stereocenters. The van der Waals surface area contributed by atoms with E-state index in [4.69, 9.17) is 10.5 Å². The molecule has 1 heterocycles. The van der Waals surface area contributed by atoms with Crippen LogP contribution in [-0.4, -0.2) is 12.1 Å². The zero-order chi connectivity index (χ0) is 14.0. The van der Waals surface area contributed by atoms with Crippen molar-refractivity contribution in [1.29, 1.82) is 0 Å². The lowest BCUT2D eigenvalue weighted by Gasteiger charge is -2.17. The number of rotatable bonds is 3. The highest BCUT2D eigenvalue weighted by Crippen LogP contribution is 2.30. The standard InChI is InChI=1S/C14H14F2N2O/c1-8-5-6-10(15)11(12(8)16)13(17)9-4-3-7-18-14(9)19-2/h3-7,13H,17H2,1-2H3. The van der Waals surface area contributed by atoms with Gasteiger partial charge in [0.25, 0.3) is 0 Å². The second-order valence-corrected chi connectivity index (χ2v) is 4.17. The zero-order valence-corrected chi connectivity index (χ0v) is 10.7. The van der Waals surface area contributed by atoms with Crippen LogP contribution in [0.4, 0.5) is 8.78 Å². The van der Waals surface area contributed by atoms with Crippen molar-refractivity contribution >= 4 is 0 Å². The molecule has 1 aromatic heterocycles. The van der Waals surface area contributed by atoms with Gasteiger partial charge >= 0.3 is 0 Å². The van der Waals surface area contributed by atoms with Gasteiger partial charge in [-0.15, -0.1) is 0 Å². The summed E-state index contributed by atoms with van der Waals surface area (Å²) in [5.74, 6) is -1.06. The molecular formula is C14H14F2N2O. The normalized spacial score (nSPS) is 12.3. The molecule has 0 radical (unpaired) electrons. The van der Waals surface area contributed by atoms with Gasteiger partial charge in [0.2, 0.25) is 5.88 Å². The van der Waals surface area contributed by atoms with Crippen molar-refractivity contribution in [2.24, 2.45) is 5.73 Å². The predicted molar refractivity (Wildman–Crippen MR) is 67.9 cm³/mol. The van der Waals surface area contributed by atoms with Gasteiger partial charge < -0.3 is 10.5 Å².